The zero-order valence-corrected chi connectivity index (χ0v) is 10.5. The number of rotatable bonds is 3. The first-order chi connectivity index (χ1) is 7.58. The summed E-state index contributed by atoms with van der Waals surface area (Å²) in [6, 6.07) is 0. The minimum absolute atomic E-state index is 0.105. The molecule has 2 aliphatic rings. The van der Waals surface area contributed by atoms with Crippen LogP contribution in [0.1, 0.15) is 6.42 Å². The zero-order valence-electron chi connectivity index (χ0n) is 8.19. The number of halogens is 2. The van der Waals surface area contributed by atoms with Gasteiger partial charge in [-0.25, -0.2) is 4.79 Å². The van der Waals surface area contributed by atoms with E-state index in [9.17, 15) is 9.59 Å². The van der Waals surface area contributed by atoms with Crippen LogP contribution < -0.4 is 0 Å². The van der Waals surface area contributed by atoms with E-state index in [1.807, 2.05) is 0 Å². The lowest BCUT2D eigenvalue weighted by atomic mass is 10.2. The standard InChI is InChI=1S/C9H9Cl2NO3S/c10-8(11)9(14)15-3-5-2-12-6(13)1-7(12)16-4-5/h2,7-8H,1,3-4H2. The van der Waals surface area contributed by atoms with Gasteiger partial charge in [0.2, 0.25) is 10.7 Å². The van der Waals surface area contributed by atoms with Gasteiger partial charge in [0, 0.05) is 12.0 Å². The van der Waals surface area contributed by atoms with Crippen molar-refractivity contribution in [3.05, 3.63) is 11.8 Å². The minimum atomic E-state index is -1.16. The number of ether oxygens (including phenoxy) is 1. The Balaban J connectivity index is 1.86. The molecule has 0 N–H and O–H groups in total. The number of amides is 1. The van der Waals surface area contributed by atoms with Gasteiger partial charge in [-0.05, 0) is 5.57 Å². The highest BCUT2D eigenvalue weighted by atomic mass is 35.5. The number of esters is 1. The second kappa shape index (κ2) is 4.85. The molecule has 1 saturated heterocycles. The molecule has 4 nitrogen and oxygen atoms in total. The second-order valence-corrected chi connectivity index (χ2v) is 5.73. The van der Waals surface area contributed by atoms with Crippen molar-refractivity contribution in [1.82, 2.24) is 4.90 Å². The number of fused-ring (bicyclic) bond motifs is 1. The van der Waals surface area contributed by atoms with E-state index in [4.69, 9.17) is 27.9 Å². The molecule has 0 saturated carbocycles. The van der Waals surface area contributed by atoms with Gasteiger partial charge >= 0.3 is 5.97 Å². The molecule has 2 aliphatic heterocycles. The van der Waals surface area contributed by atoms with E-state index in [2.05, 4.69) is 0 Å². The van der Waals surface area contributed by atoms with E-state index in [-0.39, 0.29) is 17.9 Å². The summed E-state index contributed by atoms with van der Waals surface area (Å²) in [6.07, 6.45) is 2.34. The predicted octanol–water partition coefficient (Wildman–Crippen LogP) is 1.52. The van der Waals surface area contributed by atoms with E-state index in [0.29, 0.717) is 6.42 Å². The van der Waals surface area contributed by atoms with Gasteiger partial charge in [-0.15, -0.1) is 11.8 Å². The van der Waals surface area contributed by atoms with Crippen LogP contribution in [0, 0.1) is 0 Å². The smallest absolute Gasteiger partial charge is 0.339 e. The highest BCUT2D eigenvalue weighted by Gasteiger charge is 2.37. The van der Waals surface area contributed by atoms with Crippen molar-refractivity contribution in [2.24, 2.45) is 0 Å². The number of carbonyl (C=O) groups is 2. The summed E-state index contributed by atoms with van der Waals surface area (Å²) in [5.41, 5.74) is 0.886. The summed E-state index contributed by atoms with van der Waals surface area (Å²) in [4.78, 5) is 22.7. The molecular formula is C9H9Cl2NO3S. The fourth-order valence-electron chi connectivity index (χ4n) is 1.44. The molecule has 0 aromatic carbocycles. The van der Waals surface area contributed by atoms with Crippen LogP contribution in [0.15, 0.2) is 11.8 Å². The van der Waals surface area contributed by atoms with Crippen molar-refractivity contribution in [2.45, 2.75) is 16.6 Å². The minimum Gasteiger partial charge on any atom is -0.459 e. The van der Waals surface area contributed by atoms with Gasteiger partial charge in [-0.2, -0.15) is 0 Å². The van der Waals surface area contributed by atoms with Crippen molar-refractivity contribution in [2.75, 3.05) is 12.4 Å². The van der Waals surface area contributed by atoms with Crippen LogP contribution >= 0.6 is 35.0 Å². The van der Waals surface area contributed by atoms with Crippen molar-refractivity contribution in [3.63, 3.8) is 0 Å². The number of hydrogen-bond donors (Lipinski definition) is 0. The van der Waals surface area contributed by atoms with Crippen LogP contribution in [-0.2, 0) is 14.3 Å². The largest absolute Gasteiger partial charge is 0.459 e. The molecule has 0 aromatic rings. The summed E-state index contributed by atoms with van der Waals surface area (Å²) >= 11 is 12.3. The summed E-state index contributed by atoms with van der Waals surface area (Å²) in [7, 11) is 0. The molecule has 2 heterocycles. The molecule has 1 atom stereocenters. The molecule has 0 bridgehead atoms. The van der Waals surface area contributed by atoms with Crippen molar-refractivity contribution < 1.29 is 14.3 Å². The van der Waals surface area contributed by atoms with Gasteiger partial charge in [-0.1, -0.05) is 23.2 Å². The Morgan fingerprint density at radius 1 is 1.69 bits per heavy atom. The van der Waals surface area contributed by atoms with E-state index in [1.165, 1.54) is 0 Å². The number of thioether (sulfide) groups is 1. The molecule has 2 rings (SSSR count). The molecule has 0 aromatic heterocycles. The zero-order chi connectivity index (χ0) is 11.7. The van der Waals surface area contributed by atoms with Gasteiger partial charge in [0.05, 0.1) is 11.8 Å². The number of nitrogens with zero attached hydrogens (tertiary/aromatic N) is 1. The Morgan fingerprint density at radius 2 is 2.44 bits per heavy atom. The lowest BCUT2D eigenvalue weighted by molar-refractivity contribution is -0.140. The number of alkyl halides is 2. The highest BCUT2D eigenvalue weighted by molar-refractivity contribution is 8.00. The Morgan fingerprint density at radius 3 is 3.06 bits per heavy atom. The molecule has 88 valence electrons. The molecule has 0 aliphatic carbocycles. The Labute approximate surface area is 107 Å². The van der Waals surface area contributed by atoms with Crippen LogP contribution in [0.25, 0.3) is 0 Å². The van der Waals surface area contributed by atoms with E-state index in [0.717, 1.165) is 11.3 Å². The van der Waals surface area contributed by atoms with Gasteiger partial charge in [0.15, 0.2) is 0 Å². The van der Waals surface area contributed by atoms with Gasteiger partial charge < -0.3 is 9.64 Å². The maximum atomic E-state index is 11.2. The van der Waals surface area contributed by atoms with Gasteiger partial charge in [-0.3, -0.25) is 4.79 Å². The summed E-state index contributed by atoms with van der Waals surface area (Å²) in [6.45, 7) is 0.137. The van der Waals surface area contributed by atoms with Crippen LogP contribution in [0.4, 0.5) is 0 Å². The summed E-state index contributed by atoms with van der Waals surface area (Å²) in [5.74, 6) is 0.205. The first-order valence-electron chi connectivity index (χ1n) is 4.65. The lowest BCUT2D eigenvalue weighted by Crippen LogP contribution is -2.49. The van der Waals surface area contributed by atoms with Crippen molar-refractivity contribution in [1.29, 1.82) is 0 Å². The van der Waals surface area contributed by atoms with E-state index < -0.39 is 10.8 Å². The monoisotopic (exact) mass is 281 g/mol. The first kappa shape index (κ1) is 12.1. The van der Waals surface area contributed by atoms with E-state index in [1.54, 1.807) is 22.9 Å². The third-order valence-corrected chi connectivity index (χ3v) is 3.98. The fourth-order valence-corrected chi connectivity index (χ4v) is 2.73. The number of carbonyl (C=O) groups excluding carboxylic acids is 2. The molecular weight excluding hydrogens is 273 g/mol. The SMILES string of the molecule is O=C(OCC1=CN2C(=O)CC2SC1)C(Cl)Cl. The molecule has 1 unspecified atom stereocenters. The highest BCUT2D eigenvalue weighted by Crippen LogP contribution is 2.35. The van der Waals surface area contributed by atoms with Crippen LogP contribution in [0.2, 0.25) is 0 Å². The van der Waals surface area contributed by atoms with Gasteiger partial charge in [0.25, 0.3) is 0 Å². The Hall–Kier alpha value is -0.390. The normalized spacial score (nSPS) is 23.7. The maximum Gasteiger partial charge on any atom is 0.339 e. The number of hydrogen-bond acceptors (Lipinski definition) is 4. The fraction of sp³-hybridized carbons (Fsp3) is 0.556. The molecule has 0 spiro atoms. The van der Waals surface area contributed by atoms with Crippen LogP contribution in [0.5, 0.6) is 0 Å². The topological polar surface area (TPSA) is 46.6 Å². The third kappa shape index (κ3) is 2.47. The van der Waals surface area contributed by atoms with E-state index >= 15 is 0 Å². The summed E-state index contributed by atoms with van der Waals surface area (Å²) < 4.78 is 4.86. The second-order valence-electron chi connectivity index (χ2n) is 3.47. The quantitative estimate of drug-likeness (QED) is 0.447. The maximum absolute atomic E-state index is 11.2. The van der Waals surface area contributed by atoms with Crippen molar-refractivity contribution >= 4 is 46.8 Å². The predicted molar refractivity (Wildman–Crippen MR) is 62.2 cm³/mol. The first-order valence-corrected chi connectivity index (χ1v) is 6.57. The average molecular weight is 282 g/mol. The Bertz CT molecular complexity index is 359. The van der Waals surface area contributed by atoms with Crippen LogP contribution in [-0.4, -0.2) is 39.3 Å². The van der Waals surface area contributed by atoms with Crippen molar-refractivity contribution in [3.8, 4) is 0 Å². The third-order valence-electron chi connectivity index (χ3n) is 2.31. The lowest BCUT2D eigenvalue weighted by Gasteiger charge is -2.40. The molecule has 7 heteroatoms. The Kier molecular flexibility index (Phi) is 3.66. The van der Waals surface area contributed by atoms with Crippen LogP contribution in [0.3, 0.4) is 0 Å². The average Bonchev–Trinajstić information content (AvgIpc) is 2.25. The molecule has 0 radical (unpaired) electrons. The molecule has 1 fully saturated rings. The molecule has 1 amide bonds. The van der Waals surface area contributed by atoms with Gasteiger partial charge in [0.1, 0.15) is 6.61 Å². The number of β-lactam (4-membered cyclic amide) rings is 1. The summed E-state index contributed by atoms with van der Waals surface area (Å²) in [5, 5.41) is 0.265. The molecule has 16 heavy (non-hydrogen) atoms.